The maximum absolute atomic E-state index is 13.8. The molecule has 1 aromatic rings. The maximum atomic E-state index is 13.8. The number of hydrogen-bond donors (Lipinski definition) is 0. The van der Waals surface area contributed by atoms with Crippen LogP contribution in [0.25, 0.3) is 0 Å². The van der Waals surface area contributed by atoms with Gasteiger partial charge in [0.25, 0.3) is 0 Å². The second kappa shape index (κ2) is 6.61. The van der Waals surface area contributed by atoms with Crippen molar-refractivity contribution in [1.82, 2.24) is 0 Å². The molecule has 1 rings (SSSR count). The average Bonchev–Trinajstić information content (AvgIpc) is 2.31. The molecule has 1 atom stereocenters. The van der Waals surface area contributed by atoms with Crippen molar-refractivity contribution in [1.29, 1.82) is 5.26 Å². The molecule has 0 heterocycles. The summed E-state index contributed by atoms with van der Waals surface area (Å²) in [7, 11) is 0. The topological polar surface area (TPSA) is 33.0 Å². The Kier molecular flexibility index (Phi) is 5.43. The third-order valence-corrected chi connectivity index (χ3v) is 3.25. The number of ether oxygens (including phenoxy) is 1. The molecule has 0 radical (unpaired) electrons. The molecule has 4 heteroatoms. The van der Waals surface area contributed by atoms with Crippen molar-refractivity contribution >= 4 is 15.9 Å². The highest BCUT2D eigenvalue weighted by Crippen LogP contribution is 2.28. The van der Waals surface area contributed by atoms with E-state index in [0.717, 1.165) is 12.8 Å². The van der Waals surface area contributed by atoms with Crippen LogP contribution in [-0.2, 0) is 0 Å². The van der Waals surface area contributed by atoms with E-state index in [0.29, 0.717) is 12.5 Å². The molecule has 92 valence electrons. The van der Waals surface area contributed by atoms with Gasteiger partial charge in [-0.25, -0.2) is 4.39 Å². The summed E-state index contributed by atoms with van der Waals surface area (Å²) in [5.74, 6) is 0.0837. The SMILES string of the molecule is CCCC(C)COc1ccc(C#N)c(Br)c1F. The highest BCUT2D eigenvalue weighted by Gasteiger charge is 2.13. The predicted molar refractivity (Wildman–Crippen MR) is 68.4 cm³/mol. The van der Waals surface area contributed by atoms with E-state index in [-0.39, 0.29) is 15.8 Å². The lowest BCUT2D eigenvalue weighted by molar-refractivity contribution is 0.241. The van der Waals surface area contributed by atoms with Gasteiger partial charge in [0, 0.05) is 0 Å². The molecular formula is C13H15BrFNO. The minimum atomic E-state index is -0.507. The first-order valence-electron chi connectivity index (χ1n) is 5.61. The molecule has 0 amide bonds. The minimum absolute atomic E-state index is 0.167. The summed E-state index contributed by atoms with van der Waals surface area (Å²) in [4.78, 5) is 0. The van der Waals surface area contributed by atoms with E-state index in [1.165, 1.54) is 6.07 Å². The number of rotatable bonds is 5. The monoisotopic (exact) mass is 299 g/mol. The van der Waals surface area contributed by atoms with Crippen LogP contribution in [0.2, 0.25) is 0 Å². The summed E-state index contributed by atoms with van der Waals surface area (Å²) in [5.41, 5.74) is 0.274. The van der Waals surface area contributed by atoms with Gasteiger partial charge in [0.2, 0.25) is 0 Å². The van der Waals surface area contributed by atoms with E-state index in [1.54, 1.807) is 6.07 Å². The Hall–Kier alpha value is -1.08. The molecule has 0 saturated heterocycles. The quantitative estimate of drug-likeness (QED) is 0.813. The maximum Gasteiger partial charge on any atom is 0.180 e. The molecule has 17 heavy (non-hydrogen) atoms. The van der Waals surface area contributed by atoms with Crippen LogP contribution in [0.5, 0.6) is 5.75 Å². The van der Waals surface area contributed by atoms with E-state index < -0.39 is 5.82 Å². The van der Waals surface area contributed by atoms with Crippen LogP contribution in [0, 0.1) is 23.1 Å². The number of halogens is 2. The van der Waals surface area contributed by atoms with Crippen LogP contribution in [0.1, 0.15) is 32.3 Å². The molecule has 0 fully saturated rings. The van der Waals surface area contributed by atoms with E-state index in [1.807, 2.05) is 6.07 Å². The van der Waals surface area contributed by atoms with E-state index in [2.05, 4.69) is 29.8 Å². The van der Waals surface area contributed by atoms with Gasteiger partial charge in [-0.1, -0.05) is 20.3 Å². The Morgan fingerprint density at radius 1 is 1.53 bits per heavy atom. The predicted octanol–water partition coefficient (Wildman–Crippen LogP) is 4.27. The number of benzene rings is 1. The Morgan fingerprint density at radius 2 is 2.24 bits per heavy atom. The lowest BCUT2D eigenvalue weighted by Crippen LogP contribution is -2.09. The van der Waals surface area contributed by atoms with E-state index >= 15 is 0 Å². The molecule has 0 bridgehead atoms. The van der Waals surface area contributed by atoms with Gasteiger partial charge in [-0.3, -0.25) is 0 Å². The fraction of sp³-hybridized carbons (Fsp3) is 0.462. The van der Waals surface area contributed by atoms with Crippen molar-refractivity contribution < 1.29 is 9.13 Å². The van der Waals surface area contributed by atoms with Crippen LogP contribution in [0.3, 0.4) is 0 Å². The molecule has 2 nitrogen and oxygen atoms in total. The van der Waals surface area contributed by atoms with Crippen molar-refractivity contribution in [2.24, 2.45) is 5.92 Å². The summed E-state index contributed by atoms with van der Waals surface area (Å²) in [5, 5.41) is 8.73. The number of nitriles is 1. The second-order valence-electron chi connectivity index (χ2n) is 4.06. The summed E-state index contributed by atoms with van der Waals surface area (Å²) >= 11 is 3.05. The van der Waals surface area contributed by atoms with Crippen LogP contribution < -0.4 is 4.74 Å². The third-order valence-electron chi connectivity index (χ3n) is 2.47. The van der Waals surface area contributed by atoms with Gasteiger partial charge in [-0.05, 0) is 40.4 Å². The lowest BCUT2D eigenvalue weighted by Gasteiger charge is -2.13. The molecule has 0 N–H and O–H groups in total. The first kappa shape index (κ1) is 14.0. The van der Waals surface area contributed by atoms with Crippen molar-refractivity contribution in [3.63, 3.8) is 0 Å². The zero-order valence-electron chi connectivity index (χ0n) is 9.96. The van der Waals surface area contributed by atoms with Crippen molar-refractivity contribution in [2.75, 3.05) is 6.61 Å². The van der Waals surface area contributed by atoms with Crippen molar-refractivity contribution in [2.45, 2.75) is 26.7 Å². The van der Waals surface area contributed by atoms with Crippen LogP contribution in [0.4, 0.5) is 4.39 Å². The van der Waals surface area contributed by atoms with E-state index in [4.69, 9.17) is 10.00 Å². The molecule has 0 aliphatic rings. The highest BCUT2D eigenvalue weighted by molar-refractivity contribution is 9.10. The summed E-state index contributed by atoms with van der Waals surface area (Å²) in [6.45, 7) is 4.67. The Labute approximate surface area is 110 Å². The molecular weight excluding hydrogens is 285 g/mol. The largest absolute Gasteiger partial charge is 0.490 e. The molecule has 0 aliphatic carbocycles. The fourth-order valence-corrected chi connectivity index (χ4v) is 1.95. The van der Waals surface area contributed by atoms with Gasteiger partial charge in [-0.15, -0.1) is 0 Å². The Balaban J connectivity index is 2.73. The molecule has 0 saturated carbocycles. The molecule has 1 unspecified atom stereocenters. The average molecular weight is 300 g/mol. The van der Waals surface area contributed by atoms with Gasteiger partial charge in [0.1, 0.15) is 6.07 Å². The van der Waals surface area contributed by atoms with Gasteiger partial charge in [-0.2, -0.15) is 5.26 Å². The summed E-state index contributed by atoms with van der Waals surface area (Å²) < 4.78 is 19.3. The normalized spacial score (nSPS) is 11.9. The smallest absolute Gasteiger partial charge is 0.180 e. The second-order valence-corrected chi connectivity index (χ2v) is 4.85. The summed E-state index contributed by atoms with van der Waals surface area (Å²) in [6, 6.07) is 4.95. The zero-order chi connectivity index (χ0) is 12.8. The molecule has 0 spiro atoms. The Bertz CT molecular complexity index is 428. The number of nitrogens with zero attached hydrogens (tertiary/aromatic N) is 1. The number of hydrogen-bond acceptors (Lipinski definition) is 2. The Morgan fingerprint density at radius 3 is 2.82 bits per heavy atom. The molecule has 0 aromatic heterocycles. The van der Waals surface area contributed by atoms with Crippen molar-refractivity contribution in [3.05, 3.63) is 28.0 Å². The summed E-state index contributed by atoms with van der Waals surface area (Å²) in [6.07, 6.45) is 2.14. The van der Waals surface area contributed by atoms with Crippen LogP contribution >= 0.6 is 15.9 Å². The standard InChI is InChI=1S/C13H15BrFNO/c1-3-4-9(2)8-17-11-6-5-10(7-16)12(14)13(11)15/h5-6,9H,3-4,8H2,1-2H3. The van der Waals surface area contributed by atoms with Crippen molar-refractivity contribution in [3.8, 4) is 11.8 Å². The fourth-order valence-electron chi connectivity index (χ4n) is 1.54. The van der Waals surface area contributed by atoms with Gasteiger partial charge in [0.15, 0.2) is 11.6 Å². The van der Waals surface area contributed by atoms with Crippen LogP contribution in [0.15, 0.2) is 16.6 Å². The van der Waals surface area contributed by atoms with Gasteiger partial charge >= 0.3 is 0 Å². The van der Waals surface area contributed by atoms with Gasteiger partial charge < -0.3 is 4.74 Å². The first-order valence-corrected chi connectivity index (χ1v) is 6.40. The molecule has 1 aromatic carbocycles. The highest BCUT2D eigenvalue weighted by atomic mass is 79.9. The van der Waals surface area contributed by atoms with Gasteiger partial charge in [0.05, 0.1) is 16.6 Å². The zero-order valence-corrected chi connectivity index (χ0v) is 11.6. The third kappa shape index (κ3) is 3.71. The van der Waals surface area contributed by atoms with Crippen LogP contribution in [-0.4, -0.2) is 6.61 Å². The minimum Gasteiger partial charge on any atom is -0.490 e. The molecule has 0 aliphatic heterocycles. The lowest BCUT2D eigenvalue weighted by atomic mass is 10.1. The first-order chi connectivity index (χ1) is 8.10. The van der Waals surface area contributed by atoms with E-state index in [9.17, 15) is 4.39 Å².